The third-order valence-electron chi connectivity index (χ3n) is 17.8. The molecular weight excluding hydrogens is 2070 g/mol. The van der Waals surface area contributed by atoms with E-state index in [0.717, 1.165) is 123 Å². The number of imidazole rings is 15. The summed E-state index contributed by atoms with van der Waals surface area (Å²) in [6, 6.07) is 15.1. The number of nitrogens with zero attached hydrogens (tertiary/aromatic N) is 36. The Morgan fingerprint density at radius 3 is 0.658 bits per heavy atom. The Morgan fingerprint density at radius 1 is 0.283 bits per heavy atom. The van der Waals surface area contributed by atoms with E-state index in [1.54, 1.807) is 93.0 Å². The number of aromatic nitrogens is 33. The molecule has 0 fully saturated rings. The quantitative estimate of drug-likeness (QED) is 0.0235. The number of hydrogen-bond acceptors (Lipinski definition) is 17. The Bertz CT molecular complexity index is 5240. The maximum absolute atomic E-state index is 8.21. The smallest absolute Gasteiger partial charge is 0.420 e. The minimum atomic E-state index is 0. The van der Waals surface area contributed by atoms with Crippen LogP contribution in [0.2, 0.25) is 0 Å². The van der Waals surface area contributed by atoms with E-state index in [0.29, 0.717) is 19.5 Å². The number of rotatable bonds is 16. The standard InChI is InChI=1S/C11H12N4.C9H11N7.C9H12N4S.3C9H10N3.3C8H10N4.3Os/c1-3-4-7-15-9-6-13-11(15)10-12-5-8-14(10)2;1-15-5-2-11-8(15)9-12-3-6-16(9)7-4-13-14-10;1-12-4-2-10-8(12)9-11-3-5-13(9)6-7-14;3*1-11-6-3-4-8(11)9-10-5-7-12(9)2;3*1-11-5-3-9-7(11)8-10-4-6-12(8)2;;;/h1,5-6,8-9H,4,7H2,2H3;2-3,5-6H,4,7H2,1H3;2-5,14H,6-7H2,1H3;3*3,5-7H,1-2H3;3*3-6H,1-2H3;;;/q;;;3*-1;;;;3*+4. The fraction of sp³-hybridized carbons (Fsp3) is 0.263. The number of hydrogen-bond donors (Lipinski definition) is 1. The van der Waals surface area contributed by atoms with Gasteiger partial charge in [0.1, 0.15) is 0 Å². The summed E-state index contributed by atoms with van der Waals surface area (Å²) in [5, 5.41) is 3.50. The zero-order valence-corrected chi connectivity index (χ0v) is 77.7. The van der Waals surface area contributed by atoms with Gasteiger partial charge >= 0.3 is 59.4 Å². The van der Waals surface area contributed by atoms with Crippen molar-refractivity contribution in [3.05, 3.63) is 251 Å². The second-order valence-corrected chi connectivity index (χ2v) is 26.5. The number of terminal acetylenes is 1. The van der Waals surface area contributed by atoms with Crippen LogP contribution in [0, 0.1) is 30.5 Å². The molecule has 0 spiro atoms. The first-order valence-corrected chi connectivity index (χ1v) is 37.2. The van der Waals surface area contributed by atoms with E-state index in [2.05, 4.69) is 126 Å². The van der Waals surface area contributed by atoms with Crippen molar-refractivity contribution < 1.29 is 59.4 Å². The van der Waals surface area contributed by atoms with Gasteiger partial charge in [-0.15, -0.1) is 12.3 Å². The van der Waals surface area contributed by atoms with E-state index in [4.69, 9.17) is 12.0 Å². The van der Waals surface area contributed by atoms with Gasteiger partial charge in [-0.1, -0.05) is 23.7 Å². The Kier molecular flexibility index (Phi) is 36.8. The van der Waals surface area contributed by atoms with Gasteiger partial charge in [-0.25, -0.2) is 59.8 Å². The monoisotopic (exact) mass is 2170 g/mol. The van der Waals surface area contributed by atoms with Crippen molar-refractivity contribution in [3.63, 3.8) is 0 Å². The van der Waals surface area contributed by atoms with Crippen molar-refractivity contribution in [1.82, 2.24) is 157 Å². The Hall–Kier alpha value is -12.9. The van der Waals surface area contributed by atoms with Gasteiger partial charge in [0.15, 0.2) is 69.9 Å². The molecule has 616 valence electrons. The number of azide groups is 1. The fourth-order valence-electron chi connectivity index (χ4n) is 11.5. The maximum Gasteiger partial charge on any atom is 4.00 e. The summed E-state index contributed by atoms with van der Waals surface area (Å²) in [6.45, 7) is 2.64. The van der Waals surface area contributed by atoms with E-state index in [1.807, 2.05) is 313 Å². The summed E-state index contributed by atoms with van der Waals surface area (Å²) in [7, 11) is 29.4. The van der Waals surface area contributed by atoms with E-state index < -0.39 is 0 Å². The van der Waals surface area contributed by atoms with Gasteiger partial charge in [0.05, 0.1) is 17.5 Å². The molecule has 18 aromatic rings. The molecule has 0 saturated heterocycles. The third kappa shape index (κ3) is 24.6. The molecule has 40 heteroatoms. The van der Waals surface area contributed by atoms with Crippen molar-refractivity contribution in [1.29, 1.82) is 0 Å². The molecule has 0 aliphatic rings. The van der Waals surface area contributed by atoms with Crippen LogP contribution < -0.4 is 0 Å². The molecule has 18 aromatic heterocycles. The second-order valence-electron chi connectivity index (χ2n) is 26.1. The Balaban J connectivity index is 0.000000186. The zero-order valence-electron chi connectivity index (χ0n) is 69.2. The van der Waals surface area contributed by atoms with Crippen LogP contribution in [0.4, 0.5) is 0 Å². The van der Waals surface area contributed by atoms with Crippen LogP contribution in [0.1, 0.15) is 6.42 Å². The minimum Gasteiger partial charge on any atom is -0.420 e. The molecule has 36 nitrogen and oxygen atoms in total. The van der Waals surface area contributed by atoms with Crippen molar-refractivity contribution in [2.45, 2.75) is 26.1 Å². The second kappa shape index (κ2) is 46.9. The first-order chi connectivity index (χ1) is 56.7. The normalized spacial score (nSPS) is 10.2. The van der Waals surface area contributed by atoms with Crippen LogP contribution >= 0.6 is 12.6 Å². The molecule has 0 unspecified atom stereocenters. The molecule has 0 atom stereocenters. The predicted molar refractivity (Wildman–Crippen MR) is 450 cm³/mol. The Labute approximate surface area is 741 Å². The fourth-order valence-corrected chi connectivity index (χ4v) is 11.7. The van der Waals surface area contributed by atoms with Crippen molar-refractivity contribution in [2.75, 3.05) is 12.3 Å². The van der Waals surface area contributed by atoms with Gasteiger partial charge in [-0.05, 0) is 43.8 Å². The molecule has 0 aromatic carbocycles. The molecule has 0 radical (unpaired) electrons. The molecule has 0 aliphatic carbocycles. The zero-order chi connectivity index (χ0) is 83.3. The number of thiol groups is 1. The largest absolute Gasteiger partial charge is 4.00 e. The van der Waals surface area contributed by atoms with Crippen LogP contribution in [0.15, 0.2) is 228 Å². The van der Waals surface area contributed by atoms with Gasteiger partial charge in [-0.2, -0.15) is 49.0 Å². The predicted octanol–water partition coefficient (Wildman–Crippen LogP) is 10.2. The molecule has 18 rings (SSSR count). The van der Waals surface area contributed by atoms with Crippen molar-refractivity contribution in [3.8, 4) is 117 Å². The van der Waals surface area contributed by atoms with Crippen molar-refractivity contribution >= 4 is 12.6 Å². The minimum absolute atomic E-state index is 0. The molecule has 120 heavy (non-hydrogen) atoms. The average Bonchev–Trinajstić information content (AvgIpc) is 1.70. The summed E-state index contributed by atoms with van der Waals surface area (Å²) in [6.07, 6.45) is 66.9. The number of aryl methyl sites for hydroxylation is 17. The molecule has 0 aliphatic heterocycles. The van der Waals surface area contributed by atoms with Crippen molar-refractivity contribution in [2.24, 2.45) is 111 Å². The van der Waals surface area contributed by atoms with Crippen LogP contribution in [0.5, 0.6) is 0 Å². The summed E-state index contributed by atoms with van der Waals surface area (Å²) in [5.74, 6) is 16.7. The van der Waals surface area contributed by atoms with E-state index in [9.17, 15) is 0 Å². The van der Waals surface area contributed by atoms with Gasteiger partial charge in [0.2, 0.25) is 0 Å². The van der Waals surface area contributed by atoms with Gasteiger partial charge in [0, 0.05) is 314 Å². The third-order valence-corrected chi connectivity index (χ3v) is 18.0. The van der Waals surface area contributed by atoms with E-state index in [1.165, 1.54) is 0 Å². The average molecular weight is 2160 g/mol. The molecule has 0 N–H and O–H groups in total. The van der Waals surface area contributed by atoms with Gasteiger partial charge in [0.25, 0.3) is 0 Å². The Morgan fingerprint density at radius 2 is 0.475 bits per heavy atom. The topological polar surface area (TPSA) is 331 Å². The molecule has 18 heterocycles. The van der Waals surface area contributed by atoms with Crippen LogP contribution in [-0.2, 0) is 185 Å². The summed E-state index contributed by atoms with van der Waals surface area (Å²) in [5.41, 5.74) is 11.3. The molecular formula is C80H95N36Os3S+9. The first-order valence-electron chi connectivity index (χ1n) is 36.6. The van der Waals surface area contributed by atoms with Crippen LogP contribution in [0.3, 0.4) is 0 Å². The SMILES string of the molecule is C#CCCn1ccnc1-c1nccn1C.Cn1cc[c-]c1-c1nccn1C.Cn1cc[c-]c1-c1nccn1C.Cn1cc[c-]c1-c1nccn1C.Cn1ccnc1-c1nccn1C.Cn1ccnc1-c1nccn1C.Cn1ccnc1-c1nccn1C.Cn1ccnc1-c1nccn1CCN=[N+]=[N-].Cn1ccnc1-c1nccn1CCS.[Os+4].[Os+4].[Os+4]. The van der Waals surface area contributed by atoms with E-state index in [-0.39, 0.29) is 59.4 Å². The first kappa shape index (κ1) is 94.3. The summed E-state index contributed by atoms with van der Waals surface area (Å²) in [4.78, 5) is 66.1. The molecule has 0 saturated carbocycles. The van der Waals surface area contributed by atoms with Crippen LogP contribution in [-0.4, -0.2) is 169 Å². The summed E-state index contributed by atoms with van der Waals surface area (Å²) >= 11 is 4.20. The molecule has 0 amide bonds. The maximum atomic E-state index is 8.21. The molecule has 0 bridgehead atoms. The summed E-state index contributed by atoms with van der Waals surface area (Å²) < 4.78 is 35.4. The van der Waals surface area contributed by atoms with E-state index >= 15 is 0 Å². The van der Waals surface area contributed by atoms with Gasteiger partial charge < -0.3 is 82.2 Å². The van der Waals surface area contributed by atoms with Gasteiger partial charge in [-0.3, -0.25) is 15.0 Å². The van der Waals surface area contributed by atoms with Crippen LogP contribution in [0.25, 0.3) is 115 Å².